The van der Waals surface area contributed by atoms with E-state index in [4.69, 9.17) is 16.3 Å². The number of halogens is 1. The van der Waals surface area contributed by atoms with Crippen LogP contribution in [0.2, 0.25) is 0 Å². The summed E-state index contributed by atoms with van der Waals surface area (Å²) < 4.78 is 7.08. The molecule has 0 N–H and O–H groups in total. The molecule has 0 radical (unpaired) electrons. The molecule has 0 aliphatic rings. The molecule has 0 fully saturated rings. The molecule has 5 heteroatoms. The van der Waals surface area contributed by atoms with Crippen molar-refractivity contribution < 1.29 is 4.74 Å². The Hall–Kier alpha value is -0.190. The molecule has 0 saturated heterocycles. The van der Waals surface area contributed by atoms with Crippen molar-refractivity contribution >= 4 is 23.4 Å². The second kappa shape index (κ2) is 5.63. The van der Waals surface area contributed by atoms with E-state index < -0.39 is 0 Å². The van der Waals surface area contributed by atoms with E-state index >= 15 is 0 Å². The minimum absolute atomic E-state index is 0.407. The maximum atomic E-state index is 5.75. The average Bonchev–Trinajstić information content (AvgIpc) is 2.48. The zero-order valence-corrected chi connectivity index (χ0v) is 10.2. The lowest BCUT2D eigenvalue weighted by atomic mass is 10.5. The van der Waals surface area contributed by atoms with Crippen LogP contribution in [0.25, 0.3) is 0 Å². The van der Waals surface area contributed by atoms with Crippen molar-refractivity contribution in [3.05, 3.63) is 11.9 Å². The van der Waals surface area contributed by atoms with E-state index in [-0.39, 0.29) is 0 Å². The number of nitrogens with zero attached hydrogens (tertiary/aromatic N) is 2. The van der Waals surface area contributed by atoms with Crippen LogP contribution < -0.4 is 0 Å². The van der Waals surface area contributed by atoms with E-state index in [1.807, 2.05) is 17.8 Å². The van der Waals surface area contributed by atoms with E-state index in [2.05, 4.69) is 11.9 Å². The Morgan fingerprint density at radius 2 is 2.43 bits per heavy atom. The van der Waals surface area contributed by atoms with Gasteiger partial charge in [-0.3, -0.25) is 0 Å². The predicted octanol–water partition coefficient (Wildman–Crippen LogP) is 2.29. The van der Waals surface area contributed by atoms with Crippen LogP contribution in [0.1, 0.15) is 12.6 Å². The summed E-state index contributed by atoms with van der Waals surface area (Å²) in [5.41, 5.74) is 1.04. The third kappa shape index (κ3) is 2.90. The predicted molar refractivity (Wildman–Crippen MR) is 60.0 cm³/mol. The lowest BCUT2D eigenvalue weighted by Crippen LogP contribution is -2.07. The molecule has 1 unspecified atom stereocenters. The Kier molecular flexibility index (Phi) is 4.78. The van der Waals surface area contributed by atoms with Crippen LogP contribution >= 0.6 is 23.4 Å². The molecule has 0 amide bonds. The molecule has 0 aliphatic heterocycles. The molecule has 0 saturated carbocycles. The fourth-order valence-electron chi connectivity index (χ4n) is 1.11. The van der Waals surface area contributed by atoms with Gasteiger partial charge in [-0.05, 0) is 0 Å². The molecule has 1 heterocycles. The molecule has 0 spiro atoms. The Balaban J connectivity index is 2.62. The molecule has 0 aliphatic carbocycles. The van der Waals surface area contributed by atoms with Gasteiger partial charge in [0, 0.05) is 19.4 Å². The van der Waals surface area contributed by atoms with Crippen molar-refractivity contribution in [1.82, 2.24) is 9.55 Å². The van der Waals surface area contributed by atoms with Crippen LogP contribution in [0.5, 0.6) is 0 Å². The molecule has 0 aromatic carbocycles. The Morgan fingerprint density at radius 3 is 2.93 bits per heavy atom. The van der Waals surface area contributed by atoms with Gasteiger partial charge < -0.3 is 9.30 Å². The number of imidazole rings is 1. The summed E-state index contributed by atoms with van der Waals surface area (Å²) in [6, 6.07) is 0. The normalized spacial score (nSPS) is 13.1. The summed E-state index contributed by atoms with van der Waals surface area (Å²) in [6.07, 6.45) is 1.81. The lowest BCUT2D eigenvalue weighted by Gasteiger charge is -2.09. The van der Waals surface area contributed by atoms with Gasteiger partial charge in [0.05, 0.1) is 24.4 Å². The maximum absolute atomic E-state index is 5.75. The van der Waals surface area contributed by atoms with E-state index in [0.29, 0.717) is 11.1 Å². The first-order valence-corrected chi connectivity index (χ1v) is 5.82. The van der Waals surface area contributed by atoms with Gasteiger partial charge in [0.1, 0.15) is 0 Å². The smallest absolute Gasteiger partial charge is 0.168 e. The fourth-order valence-corrected chi connectivity index (χ4v) is 2.31. The van der Waals surface area contributed by atoms with Gasteiger partial charge in [-0.1, -0.05) is 18.7 Å². The highest BCUT2D eigenvalue weighted by atomic mass is 35.5. The highest BCUT2D eigenvalue weighted by molar-refractivity contribution is 7.99. The molecule has 1 aromatic rings. The second-order valence-electron chi connectivity index (χ2n) is 3.11. The number of ether oxygens (including phenoxy) is 1. The SMILES string of the molecule is COCC(C)Sc1ncc(CCl)n1C. The summed E-state index contributed by atoms with van der Waals surface area (Å²) in [5, 5.41) is 1.40. The highest BCUT2D eigenvalue weighted by Gasteiger charge is 2.10. The Labute approximate surface area is 93.8 Å². The zero-order valence-electron chi connectivity index (χ0n) is 8.66. The third-order valence-corrected chi connectivity index (χ3v) is 3.29. The van der Waals surface area contributed by atoms with Crippen molar-refractivity contribution in [2.75, 3.05) is 13.7 Å². The van der Waals surface area contributed by atoms with Gasteiger partial charge >= 0.3 is 0 Å². The van der Waals surface area contributed by atoms with Gasteiger partial charge in [-0.2, -0.15) is 0 Å². The van der Waals surface area contributed by atoms with Gasteiger partial charge in [0.15, 0.2) is 5.16 Å². The van der Waals surface area contributed by atoms with Gasteiger partial charge in [0.2, 0.25) is 0 Å². The van der Waals surface area contributed by atoms with Gasteiger partial charge in [-0.15, -0.1) is 11.6 Å². The maximum Gasteiger partial charge on any atom is 0.168 e. The highest BCUT2D eigenvalue weighted by Crippen LogP contribution is 2.22. The van der Waals surface area contributed by atoms with Crippen LogP contribution in [0.15, 0.2) is 11.4 Å². The number of aromatic nitrogens is 2. The average molecular weight is 235 g/mol. The monoisotopic (exact) mass is 234 g/mol. The summed E-state index contributed by atoms with van der Waals surface area (Å²) in [4.78, 5) is 4.29. The van der Waals surface area contributed by atoms with Crippen molar-refractivity contribution in [3.8, 4) is 0 Å². The molecular weight excluding hydrogens is 220 g/mol. The number of hydrogen-bond donors (Lipinski definition) is 0. The van der Waals surface area contributed by atoms with Crippen molar-refractivity contribution in [1.29, 1.82) is 0 Å². The van der Waals surface area contributed by atoms with Crippen LogP contribution in [0.4, 0.5) is 0 Å². The molecule has 80 valence electrons. The summed E-state index contributed by atoms with van der Waals surface area (Å²) in [6.45, 7) is 2.84. The van der Waals surface area contributed by atoms with Crippen LogP contribution in [-0.4, -0.2) is 28.5 Å². The molecular formula is C9H15ClN2OS. The van der Waals surface area contributed by atoms with E-state index in [0.717, 1.165) is 17.5 Å². The van der Waals surface area contributed by atoms with Crippen molar-refractivity contribution in [2.24, 2.45) is 7.05 Å². The number of alkyl halides is 1. The number of hydrogen-bond acceptors (Lipinski definition) is 3. The number of thioether (sulfide) groups is 1. The minimum atomic E-state index is 0.407. The third-order valence-electron chi connectivity index (χ3n) is 1.89. The van der Waals surface area contributed by atoms with Crippen LogP contribution in [0, 0.1) is 0 Å². The molecule has 1 rings (SSSR count). The number of rotatable bonds is 5. The van der Waals surface area contributed by atoms with Crippen LogP contribution in [-0.2, 0) is 17.7 Å². The molecule has 1 aromatic heterocycles. The zero-order chi connectivity index (χ0) is 10.6. The largest absolute Gasteiger partial charge is 0.384 e. The molecule has 0 bridgehead atoms. The first-order valence-electron chi connectivity index (χ1n) is 4.41. The summed E-state index contributed by atoms with van der Waals surface area (Å²) in [5.74, 6) is 0.503. The molecule has 1 atom stereocenters. The minimum Gasteiger partial charge on any atom is -0.384 e. The van der Waals surface area contributed by atoms with E-state index in [1.54, 1.807) is 18.9 Å². The van der Waals surface area contributed by atoms with Crippen molar-refractivity contribution in [2.45, 2.75) is 23.2 Å². The first-order chi connectivity index (χ1) is 6.69. The first kappa shape index (κ1) is 11.9. The molecule has 3 nitrogen and oxygen atoms in total. The number of methoxy groups -OCH3 is 1. The van der Waals surface area contributed by atoms with Crippen molar-refractivity contribution in [3.63, 3.8) is 0 Å². The fraction of sp³-hybridized carbons (Fsp3) is 0.667. The van der Waals surface area contributed by atoms with Gasteiger partial charge in [-0.25, -0.2) is 4.98 Å². The Morgan fingerprint density at radius 1 is 1.71 bits per heavy atom. The second-order valence-corrected chi connectivity index (χ2v) is 4.78. The van der Waals surface area contributed by atoms with E-state index in [1.165, 1.54) is 0 Å². The van der Waals surface area contributed by atoms with Gasteiger partial charge in [0.25, 0.3) is 0 Å². The Bertz CT molecular complexity index is 290. The quantitative estimate of drug-likeness (QED) is 0.578. The summed E-state index contributed by atoms with van der Waals surface area (Å²) >= 11 is 7.45. The summed E-state index contributed by atoms with van der Waals surface area (Å²) in [7, 11) is 3.69. The standard InChI is InChI=1S/C9H15ClN2OS/c1-7(6-13-3)14-9-11-5-8(4-10)12(9)2/h5,7H,4,6H2,1-3H3. The lowest BCUT2D eigenvalue weighted by molar-refractivity contribution is 0.203. The van der Waals surface area contributed by atoms with Crippen LogP contribution in [0.3, 0.4) is 0 Å². The molecule has 14 heavy (non-hydrogen) atoms. The topological polar surface area (TPSA) is 27.1 Å². The van der Waals surface area contributed by atoms with E-state index in [9.17, 15) is 0 Å².